The molecule has 0 spiro atoms. The molecule has 0 aliphatic rings. The van der Waals surface area contributed by atoms with Crippen LogP contribution >= 0.6 is 15.2 Å². The molecule has 0 fully saturated rings. The zero-order valence-corrected chi connectivity index (χ0v) is 9.34. The number of hydrogen-bond donors (Lipinski definition) is 6. The summed E-state index contributed by atoms with van der Waals surface area (Å²) in [6.45, 7) is 0. The average molecular weight is 270 g/mol. The van der Waals surface area contributed by atoms with E-state index in [-0.39, 0.29) is 0 Å². The maximum absolute atomic E-state index is 10.8. The highest BCUT2D eigenvalue weighted by atomic mass is 31.2. The Kier molecular flexibility index (Phi) is 3.17. The molecule has 16 heavy (non-hydrogen) atoms. The minimum Gasteiger partial charge on any atom is -0.504 e. The Morgan fingerprint density at radius 1 is 0.750 bits per heavy atom. The fourth-order valence-corrected chi connectivity index (χ4v) is 2.33. The van der Waals surface area contributed by atoms with Crippen LogP contribution in [0.3, 0.4) is 0 Å². The quantitative estimate of drug-likeness (QED) is 0.286. The second kappa shape index (κ2) is 3.85. The summed E-state index contributed by atoms with van der Waals surface area (Å²) in [5.41, 5.74) is 0. The third kappa shape index (κ3) is 2.44. The molecule has 0 unspecified atom stereocenters. The molecule has 0 aliphatic carbocycles. The highest BCUT2D eigenvalue weighted by Crippen LogP contribution is 2.44. The zero-order chi connectivity index (χ0) is 12.7. The van der Waals surface area contributed by atoms with E-state index >= 15 is 0 Å². The summed E-state index contributed by atoms with van der Waals surface area (Å²) in [7, 11) is -9.64. The fourth-order valence-electron chi connectivity index (χ4n) is 1.03. The highest BCUT2D eigenvalue weighted by Gasteiger charge is 2.30. The summed E-state index contributed by atoms with van der Waals surface area (Å²) in [5.74, 6) is -2.48. The Bertz CT molecular complexity index is 465. The van der Waals surface area contributed by atoms with E-state index in [0.717, 1.165) is 0 Å². The summed E-state index contributed by atoms with van der Waals surface area (Å²) in [4.78, 5) is 34.9. The van der Waals surface area contributed by atoms with E-state index in [4.69, 9.17) is 19.6 Å². The van der Waals surface area contributed by atoms with Crippen LogP contribution < -0.4 is 10.6 Å². The number of rotatable bonds is 2. The first-order valence-electron chi connectivity index (χ1n) is 3.72. The van der Waals surface area contributed by atoms with E-state index in [1.165, 1.54) is 0 Å². The average Bonchev–Trinajstić information content (AvgIpc) is 2.05. The molecule has 0 saturated heterocycles. The Morgan fingerprint density at radius 3 is 1.19 bits per heavy atom. The molecule has 10 heteroatoms. The predicted molar refractivity (Wildman–Crippen MR) is 53.1 cm³/mol. The Balaban J connectivity index is 3.54. The standard InChI is InChI=1S/C6H8O8P2/c7-5-3(15(9,10)11)1-2-4(6(5)8)16(12,13)14/h1-2,7-8H,(H2,9,10,11)(H2,12,13,14). The first kappa shape index (κ1) is 13.2. The first-order valence-corrected chi connectivity index (χ1v) is 6.94. The van der Waals surface area contributed by atoms with Gasteiger partial charge >= 0.3 is 15.2 Å². The maximum atomic E-state index is 10.8. The van der Waals surface area contributed by atoms with E-state index < -0.39 is 37.3 Å². The smallest absolute Gasteiger partial charge is 0.360 e. The van der Waals surface area contributed by atoms with Crippen LogP contribution in [0.1, 0.15) is 0 Å². The minimum absolute atomic E-state index is 0.643. The fraction of sp³-hybridized carbons (Fsp3) is 0. The Labute approximate surface area is 89.1 Å². The SMILES string of the molecule is O=P(O)(O)c1ccc(P(=O)(O)O)c(O)c1O. The molecule has 90 valence electrons. The van der Waals surface area contributed by atoms with Crippen molar-refractivity contribution >= 4 is 25.8 Å². The van der Waals surface area contributed by atoms with Crippen molar-refractivity contribution in [1.29, 1.82) is 0 Å². The monoisotopic (exact) mass is 270 g/mol. The van der Waals surface area contributed by atoms with Crippen LogP contribution in [0.5, 0.6) is 11.5 Å². The van der Waals surface area contributed by atoms with Gasteiger partial charge in [0.25, 0.3) is 0 Å². The van der Waals surface area contributed by atoms with Crippen molar-refractivity contribution in [1.82, 2.24) is 0 Å². The van der Waals surface area contributed by atoms with E-state index in [2.05, 4.69) is 0 Å². The number of phenolic OH excluding ortho intramolecular Hbond substituents is 2. The van der Waals surface area contributed by atoms with Gasteiger partial charge in [-0.2, -0.15) is 0 Å². The van der Waals surface area contributed by atoms with E-state index in [0.29, 0.717) is 12.1 Å². The van der Waals surface area contributed by atoms with E-state index in [1.807, 2.05) is 0 Å². The number of phenols is 2. The molecule has 1 aromatic carbocycles. The third-order valence-corrected chi connectivity index (χ3v) is 3.71. The van der Waals surface area contributed by atoms with E-state index in [9.17, 15) is 19.3 Å². The van der Waals surface area contributed by atoms with Gasteiger partial charge in [-0.3, -0.25) is 9.13 Å². The van der Waals surface area contributed by atoms with Crippen molar-refractivity contribution in [2.45, 2.75) is 0 Å². The topological polar surface area (TPSA) is 156 Å². The molecule has 6 N–H and O–H groups in total. The number of aromatic hydroxyl groups is 2. The molecule has 0 radical (unpaired) electrons. The van der Waals surface area contributed by atoms with Gasteiger partial charge in [0.15, 0.2) is 11.5 Å². The normalized spacial score (nSPS) is 12.8. The van der Waals surface area contributed by atoms with Gasteiger partial charge in [0, 0.05) is 0 Å². The summed E-state index contributed by atoms with van der Waals surface area (Å²) in [5, 5.41) is 16.6. The summed E-state index contributed by atoms with van der Waals surface area (Å²) >= 11 is 0. The lowest BCUT2D eigenvalue weighted by atomic mass is 10.3. The van der Waals surface area contributed by atoms with Crippen molar-refractivity contribution in [2.75, 3.05) is 0 Å². The largest absolute Gasteiger partial charge is 0.504 e. The molecule has 0 amide bonds. The molecule has 0 heterocycles. The number of hydrogen-bond acceptors (Lipinski definition) is 4. The van der Waals surface area contributed by atoms with Crippen LogP contribution in [0.4, 0.5) is 0 Å². The summed E-state index contributed by atoms with van der Waals surface area (Å²) in [6, 6.07) is 1.29. The minimum atomic E-state index is -4.82. The van der Waals surface area contributed by atoms with Crippen LogP contribution in [0.15, 0.2) is 12.1 Å². The molecule has 0 saturated carbocycles. The van der Waals surface area contributed by atoms with Gasteiger partial charge in [-0.25, -0.2) is 0 Å². The lowest BCUT2D eigenvalue weighted by molar-refractivity contribution is 0.372. The molecule has 0 aromatic heterocycles. The van der Waals surface area contributed by atoms with Crippen LogP contribution in [-0.4, -0.2) is 29.8 Å². The molecule has 0 aliphatic heterocycles. The number of benzene rings is 1. The van der Waals surface area contributed by atoms with Crippen LogP contribution in [0, 0.1) is 0 Å². The molecular weight excluding hydrogens is 262 g/mol. The van der Waals surface area contributed by atoms with Crippen molar-refractivity contribution in [3.8, 4) is 11.5 Å². The van der Waals surface area contributed by atoms with Crippen LogP contribution in [0.25, 0.3) is 0 Å². The lowest BCUT2D eigenvalue weighted by Gasteiger charge is -2.11. The van der Waals surface area contributed by atoms with Gasteiger partial charge in [-0.05, 0) is 12.1 Å². The van der Waals surface area contributed by atoms with Gasteiger partial charge in [0.1, 0.15) is 10.6 Å². The summed E-state index contributed by atoms with van der Waals surface area (Å²) < 4.78 is 21.6. The van der Waals surface area contributed by atoms with Crippen LogP contribution in [0.2, 0.25) is 0 Å². The molecule has 1 rings (SSSR count). The van der Waals surface area contributed by atoms with E-state index in [1.54, 1.807) is 0 Å². The molecule has 0 bridgehead atoms. The Hall–Kier alpha value is -0.880. The van der Waals surface area contributed by atoms with Crippen molar-refractivity contribution in [2.24, 2.45) is 0 Å². The second-order valence-corrected chi connectivity index (χ2v) is 6.03. The van der Waals surface area contributed by atoms with Gasteiger partial charge < -0.3 is 29.8 Å². The zero-order valence-electron chi connectivity index (χ0n) is 7.55. The van der Waals surface area contributed by atoms with Crippen molar-refractivity contribution < 1.29 is 38.9 Å². The molecular formula is C6H8O8P2. The molecule has 1 aromatic rings. The molecule has 0 atom stereocenters. The first-order chi connectivity index (χ1) is 7.05. The lowest BCUT2D eigenvalue weighted by Crippen LogP contribution is -2.12. The predicted octanol–water partition coefficient (Wildman–Crippen LogP) is -1.30. The van der Waals surface area contributed by atoms with Crippen molar-refractivity contribution in [3.05, 3.63) is 12.1 Å². The Morgan fingerprint density at radius 2 is 1.00 bits per heavy atom. The van der Waals surface area contributed by atoms with Crippen molar-refractivity contribution in [3.63, 3.8) is 0 Å². The van der Waals surface area contributed by atoms with Gasteiger partial charge in [-0.1, -0.05) is 0 Å². The second-order valence-electron chi connectivity index (χ2n) is 2.89. The highest BCUT2D eigenvalue weighted by molar-refractivity contribution is 7.61. The van der Waals surface area contributed by atoms with Gasteiger partial charge in [0.05, 0.1) is 0 Å². The van der Waals surface area contributed by atoms with Gasteiger partial charge in [-0.15, -0.1) is 0 Å². The van der Waals surface area contributed by atoms with Crippen LogP contribution in [-0.2, 0) is 9.13 Å². The third-order valence-electron chi connectivity index (χ3n) is 1.74. The van der Waals surface area contributed by atoms with Gasteiger partial charge in [0.2, 0.25) is 0 Å². The summed E-state index contributed by atoms with van der Waals surface area (Å²) in [6.07, 6.45) is 0. The molecule has 8 nitrogen and oxygen atoms in total. The maximum Gasteiger partial charge on any atom is 0.360 e.